The fraction of sp³-hybridized carbons (Fsp3) is 0.833. The van der Waals surface area contributed by atoms with Gasteiger partial charge >= 0.3 is 6.09 Å². The summed E-state index contributed by atoms with van der Waals surface area (Å²) in [6.45, 7) is 0.560. The predicted molar refractivity (Wildman–Crippen MR) is 38.2 cm³/mol. The number of likely N-dealkylation sites (tertiary alicyclic amines) is 1. The van der Waals surface area contributed by atoms with Crippen LogP contribution >= 0.6 is 0 Å². The molecule has 64 valence electrons. The van der Waals surface area contributed by atoms with Crippen LogP contribution in [-0.4, -0.2) is 46.4 Å². The molecule has 4 N–H and O–H groups in total. The first kappa shape index (κ1) is 8.29. The molecule has 5 nitrogen and oxygen atoms in total. The van der Waals surface area contributed by atoms with Crippen LogP contribution in [-0.2, 0) is 0 Å². The van der Waals surface area contributed by atoms with E-state index in [9.17, 15) is 4.79 Å². The van der Waals surface area contributed by atoms with E-state index >= 15 is 0 Å². The van der Waals surface area contributed by atoms with Gasteiger partial charge in [-0.15, -0.1) is 0 Å². The smallest absolute Gasteiger partial charge is 0.407 e. The van der Waals surface area contributed by atoms with E-state index in [0.29, 0.717) is 13.0 Å². The van der Waals surface area contributed by atoms with Crippen LogP contribution in [0.4, 0.5) is 4.79 Å². The van der Waals surface area contributed by atoms with Crippen molar-refractivity contribution in [2.45, 2.75) is 18.6 Å². The zero-order valence-electron chi connectivity index (χ0n) is 6.10. The van der Waals surface area contributed by atoms with Crippen LogP contribution in [0, 0.1) is 0 Å². The van der Waals surface area contributed by atoms with E-state index in [4.69, 9.17) is 15.9 Å². The van der Waals surface area contributed by atoms with Gasteiger partial charge in [0.1, 0.15) is 0 Å². The number of aliphatic hydroxyl groups is 1. The molecule has 5 heteroatoms. The minimum atomic E-state index is -0.990. The summed E-state index contributed by atoms with van der Waals surface area (Å²) in [7, 11) is 0. The molecule has 2 atom stereocenters. The van der Waals surface area contributed by atoms with E-state index in [1.807, 2.05) is 0 Å². The Morgan fingerprint density at radius 2 is 2.27 bits per heavy atom. The topological polar surface area (TPSA) is 86.8 Å². The summed E-state index contributed by atoms with van der Waals surface area (Å²) in [5, 5.41) is 17.7. The number of hydrogen-bond acceptors (Lipinski definition) is 3. The Morgan fingerprint density at radius 3 is 2.73 bits per heavy atom. The molecular formula is C6H12N2O3. The molecule has 1 aliphatic rings. The molecule has 1 saturated heterocycles. The van der Waals surface area contributed by atoms with Crippen molar-refractivity contribution in [3.63, 3.8) is 0 Å². The van der Waals surface area contributed by atoms with Gasteiger partial charge in [0.2, 0.25) is 0 Å². The van der Waals surface area contributed by atoms with Crippen molar-refractivity contribution >= 4 is 6.09 Å². The van der Waals surface area contributed by atoms with Crippen LogP contribution in [0.25, 0.3) is 0 Å². The SMILES string of the molecule is N[C@H]1CCN(C(=O)O)C[C@H]1O. The van der Waals surface area contributed by atoms with Gasteiger partial charge in [0.25, 0.3) is 0 Å². The molecule has 0 aliphatic carbocycles. The number of piperidine rings is 1. The number of nitrogens with zero attached hydrogens (tertiary/aromatic N) is 1. The molecule has 1 amide bonds. The van der Waals surface area contributed by atoms with Gasteiger partial charge in [0, 0.05) is 12.6 Å². The normalized spacial score (nSPS) is 32.0. The summed E-state index contributed by atoms with van der Waals surface area (Å²) in [6.07, 6.45) is -1.16. The van der Waals surface area contributed by atoms with E-state index in [1.165, 1.54) is 4.90 Å². The van der Waals surface area contributed by atoms with E-state index < -0.39 is 12.2 Å². The maximum Gasteiger partial charge on any atom is 0.407 e. The minimum Gasteiger partial charge on any atom is -0.465 e. The van der Waals surface area contributed by atoms with Gasteiger partial charge in [-0.25, -0.2) is 4.79 Å². The van der Waals surface area contributed by atoms with Crippen molar-refractivity contribution in [2.75, 3.05) is 13.1 Å². The monoisotopic (exact) mass is 160 g/mol. The fourth-order valence-electron chi connectivity index (χ4n) is 1.12. The van der Waals surface area contributed by atoms with Gasteiger partial charge in [0.05, 0.1) is 12.6 Å². The first-order chi connectivity index (χ1) is 5.11. The highest BCUT2D eigenvalue weighted by atomic mass is 16.4. The largest absolute Gasteiger partial charge is 0.465 e. The average molecular weight is 160 g/mol. The highest BCUT2D eigenvalue weighted by molar-refractivity contribution is 5.65. The Balaban J connectivity index is 2.46. The Morgan fingerprint density at radius 1 is 1.64 bits per heavy atom. The third-order valence-electron chi connectivity index (χ3n) is 1.90. The number of nitrogens with two attached hydrogens (primary N) is 1. The van der Waals surface area contributed by atoms with Gasteiger partial charge in [-0.3, -0.25) is 0 Å². The molecule has 1 rings (SSSR count). The summed E-state index contributed by atoms with van der Waals surface area (Å²) >= 11 is 0. The maximum atomic E-state index is 10.4. The van der Waals surface area contributed by atoms with Crippen molar-refractivity contribution in [3.05, 3.63) is 0 Å². The van der Waals surface area contributed by atoms with Crippen LogP contribution in [0.15, 0.2) is 0 Å². The number of rotatable bonds is 0. The molecule has 11 heavy (non-hydrogen) atoms. The zero-order valence-corrected chi connectivity index (χ0v) is 6.10. The van der Waals surface area contributed by atoms with Gasteiger partial charge in [-0.2, -0.15) is 0 Å². The molecule has 0 bridgehead atoms. The molecule has 0 aromatic carbocycles. The number of hydrogen-bond donors (Lipinski definition) is 3. The fourth-order valence-corrected chi connectivity index (χ4v) is 1.12. The number of β-amino-alcohol motifs (C(OH)–C–C–N with tert-alkyl or cyclic N) is 1. The molecule has 1 fully saturated rings. The average Bonchev–Trinajstić information content (AvgIpc) is 1.94. The minimum absolute atomic E-state index is 0.135. The Hall–Kier alpha value is -0.810. The summed E-state index contributed by atoms with van der Waals surface area (Å²) in [5.41, 5.74) is 5.47. The molecule has 1 heterocycles. The van der Waals surface area contributed by atoms with Gasteiger partial charge in [-0.1, -0.05) is 0 Å². The number of aliphatic hydroxyl groups excluding tert-OH is 1. The van der Waals surface area contributed by atoms with E-state index in [1.54, 1.807) is 0 Å². The first-order valence-corrected chi connectivity index (χ1v) is 3.53. The Labute approximate surface area is 64.4 Å². The molecule has 0 spiro atoms. The maximum absolute atomic E-state index is 10.4. The quantitative estimate of drug-likeness (QED) is 0.426. The van der Waals surface area contributed by atoms with Gasteiger partial charge in [-0.05, 0) is 6.42 Å². The first-order valence-electron chi connectivity index (χ1n) is 3.53. The molecule has 1 aliphatic heterocycles. The molecule has 0 radical (unpaired) electrons. The molecular weight excluding hydrogens is 148 g/mol. The lowest BCUT2D eigenvalue weighted by Gasteiger charge is -2.31. The van der Waals surface area contributed by atoms with Crippen LogP contribution in [0.2, 0.25) is 0 Å². The summed E-state index contributed by atoms with van der Waals surface area (Å²) < 4.78 is 0. The second-order valence-electron chi connectivity index (χ2n) is 2.75. The van der Waals surface area contributed by atoms with E-state index in [0.717, 1.165) is 0 Å². The van der Waals surface area contributed by atoms with Gasteiger partial charge < -0.3 is 20.8 Å². The molecule has 0 aromatic heterocycles. The second-order valence-corrected chi connectivity index (χ2v) is 2.75. The van der Waals surface area contributed by atoms with Crippen LogP contribution in [0.5, 0.6) is 0 Å². The Kier molecular flexibility index (Phi) is 2.31. The third kappa shape index (κ3) is 1.81. The lowest BCUT2D eigenvalue weighted by Crippen LogP contribution is -2.51. The van der Waals surface area contributed by atoms with E-state index in [2.05, 4.69) is 0 Å². The standard InChI is InChI=1S/C6H12N2O3/c7-4-1-2-8(6(10)11)3-5(4)9/h4-5,9H,1-3,7H2,(H,10,11)/t4-,5+/m0/s1. The molecule has 0 aromatic rings. The van der Waals surface area contributed by atoms with Crippen molar-refractivity contribution in [3.8, 4) is 0 Å². The Bertz CT molecular complexity index is 162. The van der Waals surface area contributed by atoms with Gasteiger partial charge in [0.15, 0.2) is 0 Å². The second kappa shape index (κ2) is 3.06. The lowest BCUT2D eigenvalue weighted by molar-refractivity contribution is 0.0523. The van der Waals surface area contributed by atoms with Crippen LogP contribution in [0.3, 0.4) is 0 Å². The van der Waals surface area contributed by atoms with Crippen molar-refractivity contribution < 1.29 is 15.0 Å². The predicted octanol–water partition coefficient (Wildman–Crippen LogP) is -0.942. The van der Waals surface area contributed by atoms with Crippen molar-refractivity contribution in [1.82, 2.24) is 4.90 Å². The summed E-state index contributed by atoms with van der Waals surface area (Å²) in [6, 6.07) is -0.273. The number of carbonyl (C=O) groups is 1. The highest BCUT2D eigenvalue weighted by Crippen LogP contribution is 2.08. The van der Waals surface area contributed by atoms with Crippen molar-refractivity contribution in [2.24, 2.45) is 5.73 Å². The van der Waals surface area contributed by atoms with E-state index in [-0.39, 0.29) is 12.6 Å². The van der Waals surface area contributed by atoms with Crippen LogP contribution < -0.4 is 5.73 Å². The molecule has 0 saturated carbocycles. The van der Waals surface area contributed by atoms with Crippen LogP contribution in [0.1, 0.15) is 6.42 Å². The lowest BCUT2D eigenvalue weighted by atomic mass is 10.0. The summed E-state index contributed by atoms with van der Waals surface area (Å²) in [4.78, 5) is 11.6. The zero-order chi connectivity index (χ0) is 8.43. The van der Waals surface area contributed by atoms with Crippen molar-refractivity contribution in [1.29, 1.82) is 0 Å². The molecule has 0 unspecified atom stereocenters. The number of amides is 1. The third-order valence-corrected chi connectivity index (χ3v) is 1.90. The number of carboxylic acid groups (broad SMARTS) is 1. The summed E-state index contributed by atoms with van der Waals surface area (Å²) in [5.74, 6) is 0. The highest BCUT2D eigenvalue weighted by Gasteiger charge is 2.26.